The fourth-order valence-electron chi connectivity index (χ4n) is 3.79. The normalized spacial score (nSPS) is 42.8. The molecule has 2 aliphatic carbocycles. The van der Waals surface area contributed by atoms with E-state index in [9.17, 15) is 0 Å². The summed E-state index contributed by atoms with van der Waals surface area (Å²) in [5.74, 6) is 0.859. The van der Waals surface area contributed by atoms with E-state index in [0.717, 1.165) is 23.3 Å². The second-order valence-corrected chi connectivity index (χ2v) is 7.71. The third kappa shape index (κ3) is 2.76. The summed E-state index contributed by atoms with van der Waals surface area (Å²) in [6, 6.07) is 1.56. The van der Waals surface area contributed by atoms with Gasteiger partial charge in [-0.2, -0.15) is 11.8 Å². The summed E-state index contributed by atoms with van der Waals surface area (Å²) in [5.41, 5.74) is 0.560. The highest BCUT2D eigenvalue weighted by Crippen LogP contribution is 2.42. The topological polar surface area (TPSA) is 12.0 Å². The SMILES string of the molecule is CSC1CCCC1NC1CC(C)(C)CC1C. The van der Waals surface area contributed by atoms with E-state index in [1.807, 2.05) is 0 Å². The number of thioether (sulfide) groups is 1. The minimum atomic E-state index is 0.560. The van der Waals surface area contributed by atoms with Crippen LogP contribution in [0.5, 0.6) is 0 Å². The molecule has 0 bridgehead atoms. The van der Waals surface area contributed by atoms with Crippen LogP contribution in [0.1, 0.15) is 52.9 Å². The van der Waals surface area contributed by atoms with Crippen molar-refractivity contribution in [1.29, 1.82) is 0 Å². The first-order valence-corrected chi connectivity index (χ1v) is 8.09. The van der Waals surface area contributed by atoms with Crippen LogP contribution in [0.4, 0.5) is 0 Å². The van der Waals surface area contributed by atoms with Gasteiger partial charge in [0, 0.05) is 17.3 Å². The predicted molar refractivity (Wildman–Crippen MR) is 74.0 cm³/mol. The van der Waals surface area contributed by atoms with Crippen molar-refractivity contribution in [2.75, 3.05) is 6.26 Å². The molecule has 2 aliphatic rings. The molecule has 1 N–H and O–H groups in total. The summed E-state index contributed by atoms with van der Waals surface area (Å²) in [6.07, 6.45) is 9.27. The highest BCUT2D eigenvalue weighted by Gasteiger charge is 2.39. The van der Waals surface area contributed by atoms with Crippen molar-refractivity contribution in [2.24, 2.45) is 11.3 Å². The zero-order valence-corrected chi connectivity index (χ0v) is 12.1. The fraction of sp³-hybridized carbons (Fsp3) is 1.00. The van der Waals surface area contributed by atoms with Crippen molar-refractivity contribution in [2.45, 2.75) is 70.2 Å². The molecule has 4 unspecified atom stereocenters. The molecule has 4 atom stereocenters. The van der Waals surface area contributed by atoms with Gasteiger partial charge in [-0.25, -0.2) is 0 Å². The van der Waals surface area contributed by atoms with E-state index >= 15 is 0 Å². The standard InChI is InChI=1S/C14H27NS/c1-10-8-14(2,3)9-12(10)15-11-6-5-7-13(11)16-4/h10-13,15H,5-9H2,1-4H3. The predicted octanol–water partition coefficient (Wildman–Crippen LogP) is 3.68. The molecule has 1 nitrogen and oxygen atoms in total. The van der Waals surface area contributed by atoms with Gasteiger partial charge in [-0.1, -0.05) is 27.2 Å². The first-order valence-electron chi connectivity index (χ1n) is 6.81. The van der Waals surface area contributed by atoms with Gasteiger partial charge in [0.1, 0.15) is 0 Å². The summed E-state index contributed by atoms with van der Waals surface area (Å²) < 4.78 is 0. The Labute approximate surface area is 105 Å². The van der Waals surface area contributed by atoms with E-state index in [1.165, 1.54) is 32.1 Å². The number of rotatable bonds is 3. The molecule has 0 spiro atoms. The lowest BCUT2D eigenvalue weighted by molar-refractivity contribution is 0.352. The van der Waals surface area contributed by atoms with Crippen LogP contribution in [-0.2, 0) is 0 Å². The number of hydrogen-bond donors (Lipinski definition) is 1. The average molecular weight is 241 g/mol. The Morgan fingerprint density at radius 1 is 1.12 bits per heavy atom. The molecule has 16 heavy (non-hydrogen) atoms. The second-order valence-electron chi connectivity index (χ2n) is 6.63. The van der Waals surface area contributed by atoms with Crippen LogP contribution in [-0.4, -0.2) is 23.6 Å². The molecule has 2 fully saturated rings. The summed E-state index contributed by atoms with van der Waals surface area (Å²) in [6.45, 7) is 7.27. The molecule has 2 rings (SSSR count). The van der Waals surface area contributed by atoms with Gasteiger partial charge in [0.2, 0.25) is 0 Å². The van der Waals surface area contributed by atoms with Crippen LogP contribution in [0.25, 0.3) is 0 Å². The maximum Gasteiger partial charge on any atom is 0.0198 e. The Morgan fingerprint density at radius 3 is 2.44 bits per heavy atom. The van der Waals surface area contributed by atoms with Crippen molar-refractivity contribution in [3.8, 4) is 0 Å². The van der Waals surface area contributed by atoms with Crippen molar-refractivity contribution in [3.05, 3.63) is 0 Å². The molecule has 0 radical (unpaired) electrons. The Bertz CT molecular complexity index is 239. The van der Waals surface area contributed by atoms with E-state index < -0.39 is 0 Å². The first kappa shape index (κ1) is 12.8. The summed E-state index contributed by atoms with van der Waals surface area (Å²) in [4.78, 5) is 0. The zero-order valence-electron chi connectivity index (χ0n) is 11.3. The lowest BCUT2D eigenvalue weighted by Gasteiger charge is -2.26. The molecule has 0 aromatic carbocycles. The van der Waals surface area contributed by atoms with E-state index in [2.05, 4.69) is 44.1 Å². The highest BCUT2D eigenvalue weighted by atomic mass is 32.2. The molecule has 2 saturated carbocycles. The monoisotopic (exact) mass is 241 g/mol. The minimum absolute atomic E-state index is 0.560. The molecular weight excluding hydrogens is 214 g/mol. The minimum Gasteiger partial charge on any atom is -0.310 e. The molecule has 0 aliphatic heterocycles. The summed E-state index contributed by atoms with van der Waals surface area (Å²) in [7, 11) is 0. The average Bonchev–Trinajstić information content (AvgIpc) is 2.71. The second kappa shape index (κ2) is 4.89. The van der Waals surface area contributed by atoms with E-state index in [-0.39, 0.29) is 0 Å². The third-order valence-corrected chi connectivity index (χ3v) is 5.69. The van der Waals surface area contributed by atoms with Crippen LogP contribution >= 0.6 is 11.8 Å². The van der Waals surface area contributed by atoms with Gasteiger partial charge in [-0.3, -0.25) is 0 Å². The Hall–Kier alpha value is 0.310. The van der Waals surface area contributed by atoms with Crippen molar-refractivity contribution < 1.29 is 0 Å². The fourth-order valence-corrected chi connectivity index (χ4v) is 4.74. The van der Waals surface area contributed by atoms with Gasteiger partial charge < -0.3 is 5.32 Å². The number of hydrogen-bond acceptors (Lipinski definition) is 2. The maximum atomic E-state index is 3.96. The molecule has 0 aromatic heterocycles. The smallest absolute Gasteiger partial charge is 0.0198 e. The highest BCUT2D eigenvalue weighted by molar-refractivity contribution is 7.99. The Morgan fingerprint density at radius 2 is 1.88 bits per heavy atom. The van der Waals surface area contributed by atoms with Crippen molar-refractivity contribution >= 4 is 11.8 Å². The van der Waals surface area contributed by atoms with Gasteiger partial charge in [-0.15, -0.1) is 0 Å². The molecule has 0 aromatic rings. The van der Waals surface area contributed by atoms with Crippen molar-refractivity contribution in [3.63, 3.8) is 0 Å². The van der Waals surface area contributed by atoms with E-state index in [4.69, 9.17) is 0 Å². The molecule has 0 heterocycles. The largest absolute Gasteiger partial charge is 0.310 e. The van der Waals surface area contributed by atoms with Crippen LogP contribution in [0.2, 0.25) is 0 Å². The van der Waals surface area contributed by atoms with Gasteiger partial charge in [0.25, 0.3) is 0 Å². The third-order valence-electron chi connectivity index (χ3n) is 4.52. The first-order chi connectivity index (χ1) is 7.52. The summed E-state index contributed by atoms with van der Waals surface area (Å²) in [5, 5.41) is 4.83. The summed E-state index contributed by atoms with van der Waals surface area (Å²) >= 11 is 2.06. The molecule has 0 saturated heterocycles. The number of nitrogens with one attached hydrogen (secondary N) is 1. The quantitative estimate of drug-likeness (QED) is 0.809. The lowest BCUT2D eigenvalue weighted by Crippen LogP contribution is -2.43. The van der Waals surface area contributed by atoms with Crippen LogP contribution in [0, 0.1) is 11.3 Å². The zero-order chi connectivity index (χ0) is 11.8. The Balaban J connectivity index is 1.90. The molecule has 94 valence electrons. The lowest BCUT2D eigenvalue weighted by atomic mass is 9.91. The maximum absolute atomic E-state index is 3.96. The van der Waals surface area contributed by atoms with Crippen LogP contribution in [0.3, 0.4) is 0 Å². The van der Waals surface area contributed by atoms with Crippen LogP contribution < -0.4 is 5.32 Å². The Kier molecular flexibility index (Phi) is 3.90. The molecule has 2 heteroatoms. The van der Waals surface area contributed by atoms with Gasteiger partial charge in [0.15, 0.2) is 0 Å². The van der Waals surface area contributed by atoms with Crippen molar-refractivity contribution in [1.82, 2.24) is 5.32 Å². The van der Waals surface area contributed by atoms with Gasteiger partial charge in [-0.05, 0) is 43.3 Å². The van der Waals surface area contributed by atoms with E-state index in [1.54, 1.807) is 0 Å². The van der Waals surface area contributed by atoms with Gasteiger partial charge >= 0.3 is 0 Å². The van der Waals surface area contributed by atoms with Gasteiger partial charge in [0.05, 0.1) is 0 Å². The molecule has 0 amide bonds. The molecular formula is C14H27NS. The van der Waals surface area contributed by atoms with E-state index in [0.29, 0.717) is 5.41 Å². The van der Waals surface area contributed by atoms with Crippen LogP contribution in [0.15, 0.2) is 0 Å².